The lowest BCUT2D eigenvalue weighted by Crippen LogP contribution is -2.36. The van der Waals surface area contributed by atoms with Crippen LogP contribution >= 0.6 is 0 Å². The summed E-state index contributed by atoms with van der Waals surface area (Å²) >= 11 is 0. The highest BCUT2D eigenvalue weighted by atomic mass is 16.5. The Morgan fingerprint density at radius 1 is 1.19 bits per heavy atom. The molecule has 152 valence electrons. The van der Waals surface area contributed by atoms with E-state index in [9.17, 15) is 5.11 Å². The molecule has 0 amide bonds. The van der Waals surface area contributed by atoms with Crippen LogP contribution < -0.4 is 10.1 Å². The second-order valence-corrected chi connectivity index (χ2v) is 7.16. The monoisotopic (exact) mass is 381 g/mol. The molecule has 0 spiro atoms. The summed E-state index contributed by atoms with van der Waals surface area (Å²) in [5.74, 6) is -2.32. The number of carboxylic acids is 2. The Balaban J connectivity index is 0.000000527. The molecule has 0 bridgehead atoms. The first-order valence-corrected chi connectivity index (χ1v) is 9.31. The number of hydrogen-bond donors (Lipinski definition) is 4. The molecule has 0 aromatic heterocycles. The highest BCUT2D eigenvalue weighted by Gasteiger charge is 2.16. The molecular formula is C20H31NO6. The van der Waals surface area contributed by atoms with Crippen molar-refractivity contribution in [3.63, 3.8) is 0 Å². The van der Waals surface area contributed by atoms with Gasteiger partial charge in [-0.05, 0) is 42.9 Å². The Bertz CT molecular complexity index is 598. The number of carboxylic acid groups (broad SMARTS) is 2. The molecule has 1 saturated carbocycles. The van der Waals surface area contributed by atoms with Crippen molar-refractivity contribution in [1.29, 1.82) is 0 Å². The number of aliphatic hydroxyl groups excluding tert-OH is 1. The van der Waals surface area contributed by atoms with Gasteiger partial charge in [0.15, 0.2) is 0 Å². The van der Waals surface area contributed by atoms with Crippen LogP contribution in [0.1, 0.15) is 56.6 Å². The van der Waals surface area contributed by atoms with Crippen molar-refractivity contribution in [1.82, 2.24) is 5.32 Å². The molecule has 0 aliphatic heterocycles. The number of benzene rings is 1. The average Bonchev–Trinajstić information content (AvgIpc) is 3.12. The van der Waals surface area contributed by atoms with Crippen LogP contribution in [0.15, 0.2) is 18.2 Å². The minimum absolute atomic E-state index is 0.350. The molecule has 1 aromatic carbocycles. The molecular weight excluding hydrogens is 350 g/mol. The highest BCUT2D eigenvalue weighted by molar-refractivity contribution is 6.27. The molecule has 1 aliphatic carbocycles. The first-order valence-electron chi connectivity index (χ1n) is 9.31. The Kier molecular flexibility index (Phi) is 9.82. The van der Waals surface area contributed by atoms with Crippen molar-refractivity contribution >= 4 is 11.9 Å². The molecule has 1 unspecified atom stereocenters. The number of hydrogen-bond acceptors (Lipinski definition) is 5. The van der Waals surface area contributed by atoms with Gasteiger partial charge in [-0.3, -0.25) is 0 Å². The van der Waals surface area contributed by atoms with Crippen LogP contribution in [0.4, 0.5) is 0 Å². The topological polar surface area (TPSA) is 116 Å². The van der Waals surface area contributed by atoms with Crippen LogP contribution in [0, 0.1) is 6.92 Å². The largest absolute Gasteiger partial charge is 0.491 e. The molecule has 1 fully saturated rings. The first kappa shape index (κ1) is 22.9. The lowest BCUT2D eigenvalue weighted by Gasteiger charge is -2.19. The molecule has 0 saturated heterocycles. The van der Waals surface area contributed by atoms with E-state index in [4.69, 9.17) is 24.5 Å². The van der Waals surface area contributed by atoms with Crippen molar-refractivity contribution in [2.24, 2.45) is 0 Å². The van der Waals surface area contributed by atoms with Crippen LogP contribution in [0.3, 0.4) is 0 Å². The van der Waals surface area contributed by atoms with Crippen molar-refractivity contribution in [3.05, 3.63) is 29.3 Å². The number of aliphatic carboxylic acids is 2. The third-order valence-corrected chi connectivity index (χ3v) is 4.40. The fourth-order valence-corrected chi connectivity index (χ4v) is 2.92. The Hall–Kier alpha value is -2.12. The Morgan fingerprint density at radius 3 is 2.30 bits per heavy atom. The van der Waals surface area contributed by atoms with Crippen LogP contribution in [0.25, 0.3) is 0 Å². The summed E-state index contributed by atoms with van der Waals surface area (Å²) in [6, 6.07) is 6.88. The predicted octanol–water partition coefficient (Wildman–Crippen LogP) is 2.55. The molecule has 7 heteroatoms. The zero-order chi connectivity index (χ0) is 20.4. The molecule has 7 nitrogen and oxygen atoms in total. The summed E-state index contributed by atoms with van der Waals surface area (Å²) in [4.78, 5) is 18.2. The van der Waals surface area contributed by atoms with Crippen LogP contribution in [0.5, 0.6) is 5.75 Å². The standard InChI is InChI=1S/C18H29NO2.C2H2O4/c1-13(2)17-9-8-14(3)10-18(17)21-12-16(20)11-19-15-6-4-5-7-15;3-1(4)2(5)6/h8-10,13,15-16,19-20H,4-7,11-12H2,1-3H3;(H,3,4)(H,5,6). The van der Waals surface area contributed by atoms with Gasteiger partial charge in [0.1, 0.15) is 18.5 Å². The molecule has 27 heavy (non-hydrogen) atoms. The van der Waals surface area contributed by atoms with Gasteiger partial charge in [0.2, 0.25) is 0 Å². The maximum atomic E-state index is 10.1. The second kappa shape index (κ2) is 11.6. The van der Waals surface area contributed by atoms with Crippen molar-refractivity contribution < 1.29 is 29.6 Å². The number of nitrogens with one attached hydrogen (secondary N) is 1. The molecule has 1 atom stereocenters. The van der Waals surface area contributed by atoms with Crippen LogP contribution in [-0.2, 0) is 9.59 Å². The average molecular weight is 381 g/mol. The molecule has 4 N–H and O–H groups in total. The summed E-state index contributed by atoms with van der Waals surface area (Å²) < 4.78 is 5.87. The van der Waals surface area contributed by atoms with Gasteiger partial charge in [0.05, 0.1) is 0 Å². The highest BCUT2D eigenvalue weighted by Crippen LogP contribution is 2.27. The summed E-state index contributed by atoms with van der Waals surface area (Å²) in [6.45, 7) is 7.36. The number of carbonyl (C=O) groups is 2. The van der Waals surface area contributed by atoms with E-state index in [0.29, 0.717) is 25.1 Å². The van der Waals surface area contributed by atoms with E-state index in [0.717, 1.165) is 5.75 Å². The summed E-state index contributed by atoms with van der Waals surface area (Å²) in [5.41, 5.74) is 2.39. The third-order valence-electron chi connectivity index (χ3n) is 4.40. The molecule has 0 heterocycles. The van der Waals surface area contributed by atoms with Gasteiger partial charge in [-0.15, -0.1) is 0 Å². The molecule has 2 rings (SSSR count). The first-order chi connectivity index (χ1) is 12.7. The fraction of sp³-hybridized carbons (Fsp3) is 0.600. The van der Waals surface area contributed by atoms with Gasteiger partial charge in [-0.25, -0.2) is 9.59 Å². The van der Waals surface area contributed by atoms with E-state index in [-0.39, 0.29) is 0 Å². The summed E-state index contributed by atoms with van der Waals surface area (Å²) in [6.07, 6.45) is 4.65. The van der Waals surface area contributed by atoms with Gasteiger partial charge < -0.3 is 25.4 Å². The summed E-state index contributed by atoms with van der Waals surface area (Å²) in [7, 11) is 0. The minimum Gasteiger partial charge on any atom is -0.491 e. The lowest BCUT2D eigenvalue weighted by molar-refractivity contribution is -0.159. The van der Waals surface area contributed by atoms with Gasteiger partial charge in [0.25, 0.3) is 0 Å². The Labute approximate surface area is 160 Å². The normalized spacial score (nSPS) is 15.1. The molecule has 0 radical (unpaired) electrons. The number of ether oxygens (including phenoxy) is 1. The van der Waals surface area contributed by atoms with Crippen molar-refractivity contribution in [3.8, 4) is 5.75 Å². The van der Waals surface area contributed by atoms with Crippen LogP contribution in [0.2, 0.25) is 0 Å². The second-order valence-electron chi connectivity index (χ2n) is 7.16. The number of aliphatic hydroxyl groups is 1. The number of aryl methyl sites for hydroxylation is 1. The van der Waals surface area contributed by atoms with E-state index in [1.165, 1.54) is 36.8 Å². The maximum absolute atomic E-state index is 10.1. The van der Waals surface area contributed by atoms with Gasteiger partial charge in [-0.1, -0.05) is 38.8 Å². The van der Waals surface area contributed by atoms with E-state index < -0.39 is 18.0 Å². The fourth-order valence-electron chi connectivity index (χ4n) is 2.92. The Morgan fingerprint density at radius 2 is 1.78 bits per heavy atom. The summed E-state index contributed by atoms with van der Waals surface area (Å²) in [5, 5.41) is 28.3. The minimum atomic E-state index is -1.82. The van der Waals surface area contributed by atoms with Gasteiger partial charge >= 0.3 is 11.9 Å². The van der Waals surface area contributed by atoms with E-state index in [2.05, 4.69) is 44.3 Å². The SMILES string of the molecule is Cc1ccc(C(C)C)c(OCC(O)CNC2CCCC2)c1.O=C(O)C(=O)O. The van der Waals surface area contributed by atoms with Crippen molar-refractivity contribution in [2.45, 2.75) is 64.5 Å². The number of rotatable bonds is 7. The maximum Gasteiger partial charge on any atom is 0.414 e. The third kappa shape index (κ3) is 8.88. The van der Waals surface area contributed by atoms with E-state index in [1.807, 2.05) is 0 Å². The predicted molar refractivity (Wildman–Crippen MR) is 102 cm³/mol. The lowest BCUT2D eigenvalue weighted by atomic mass is 10.0. The van der Waals surface area contributed by atoms with Crippen molar-refractivity contribution in [2.75, 3.05) is 13.2 Å². The molecule has 1 aliphatic rings. The van der Waals surface area contributed by atoms with Crippen LogP contribution in [-0.4, -0.2) is 52.6 Å². The zero-order valence-corrected chi connectivity index (χ0v) is 16.3. The van der Waals surface area contributed by atoms with Gasteiger partial charge in [0, 0.05) is 12.6 Å². The van der Waals surface area contributed by atoms with E-state index >= 15 is 0 Å². The smallest absolute Gasteiger partial charge is 0.414 e. The zero-order valence-electron chi connectivity index (χ0n) is 16.3. The van der Waals surface area contributed by atoms with E-state index in [1.54, 1.807) is 0 Å². The quantitative estimate of drug-likeness (QED) is 0.536. The van der Waals surface area contributed by atoms with Gasteiger partial charge in [-0.2, -0.15) is 0 Å². The molecule has 1 aromatic rings.